The summed E-state index contributed by atoms with van der Waals surface area (Å²) < 4.78 is 10.7. The van der Waals surface area contributed by atoms with Gasteiger partial charge in [0.2, 0.25) is 0 Å². The highest BCUT2D eigenvalue weighted by molar-refractivity contribution is 4.96. The Hall–Kier alpha value is -0.0800. The summed E-state index contributed by atoms with van der Waals surface area (Å²) >= 11 is 0. The molecular formula is C8H12O2. The molecule has 2 heteroatoms. The molecule has 0 aromatic rings. The zero-order valence-corrected chi connectivity index (χ0v) is 5.95. The largest absolute Gasteiger partial charge is 0.373 e. The third-order valence-corrected chi connectivity index (χ3v) is 2.93. The third kappa shape index (κ3) is 0.789. The van der Waals surface area contributed by atoms with Crippen LogP contribution in [0.1, 0.15) is 19.3 Å². The van der Waals surface area contributed by atoms with Crippen LogP contribution in [-0.2, 0) is 9.47 Å². The van der Waals surface area contributed by atoms with Crippen molar-refractivity contribution in [3.05, 3.63) is 0 Å². The molecule has 56 valence electrons. The fourth-order valence-corrected chi connectivity index (χ4v) is 2.10. The van der Waals surface area contributed by atoms with E-state index in [-0.39, 0.29) is 0 Å². The molecule has 2 aliphatic heterocycles. The molecule has 4 atom stereocenters. The normalized spacial score (nSPS) is 57.6. The topological polar surface area (TPSA) is 25.1 Å². The van der Waals surface area contributed by atoms with Crippen molar-refractivity contribution < 1.29 is 9.47 Å². The van der Waals surface area contributed by atoms with Gasteiger partial charge >= 0.3 is 0 Å². The standard InChI is InChI=1S/C8H12O2/c1-2-6-7(10-6)3-5(1)8-4-9-8/h5-8H,1-4H2/t5-,6-,7+,8-/m1/s1. The van der Waals surface area contributed by atoms with Crippen LogP contribution in [0.25, 0.3) is 0 Å². The monoisotopic (exact) mass is 140 g/mol. The number of hydrogen-bond acceptors (Lipinski definition) is 2. The van der Waals surface area contributed by atoms with Gasteiger partial charge < -0.3 is 9.47 Å². The lowest BCUT2D eigenvalue weighted by atomic mass is 9.87. The van der Waals surface area contributed by atoms with Gasteiger partial charge in [-0.2, -0.15) is 0 Å². The fraction of sp³-hybridized carbons (Fsp3) is 1.00. The minimum atomic E-state index is 0.616. The average molecular weight is 140 g/mol. The maximum absolute atomic E-state index is 5.43. The second-order valence-electron chi connectivity index (χ2n) is 3.66. The summed E-state index contributed by atoms with van der Waals surface area (Å²) in [6.45, 7) is 1.02. The maximum Gasteiger partial charge on any atom is 0.0845 e. The van der Waals surface area contributed by atoms with Crippen LogP contribution < -0.4 is 0 Å². The van der Waals surface area contributed by atoms with E-state index in [0.29, 0.717) is 18.3 Å². The molecule has 0 N–H and O–H groups in total. The number of epoxide rings is 2. The molecule has 3 aliphatic rings. The van der Waals surface area contributed by atoms with Gasteiger partial charge in [-0.05, 0) is 25.2 Å². The summed E-state index contributed by atoms with van der Waals surface area (Å²) in [6, 6.07) is 0. The number of hydrogen-bond donors (Lipinski definition) is 0. The highest BCUT2D eigenvalue weighted by atomic mass is 16.6. The first-order chi connectivity index (χ1) is 4.93. The van der Waals surface area contributed by atoms with E-state index < -0.39 is 0 Å². The molecule has 3 rings (SSSR count). The molecule has 0 unspecified atom stereocenters. The van der Waals surface area contributed by atoms with Gasteiger partial charge in [-0.1, -0.05) is 0 Å². The molecule has 2 heterocycles. The van der Waals surface area contributed by atoms with E-state index in [4.69, 9.17) is 9.47 Å². The first kappa shape index (κ1) is 5.56. The van der Waals surface area contributed by atoms with E-state index in [2.05, 4.69) is 0 Å². The zero-order chi connectivity index (χ0) is 6.55. The number of fused-ring (bicyclic) bond motifs is 1. The summed E-state index contributed by atoms with van der Waals surface area (Å²) in [4.78, 5) is 0. The second-order valence-corrected chi connectivity index (χ2v) is 3.66. The molecule has 0 radical (unpaired) electrons. The summed E-state index contributed by atoms with van der Waals surface area (Å²) in [6.07, 6.45) is 5.79. The Labute approximate surface area is 60.5 Å². The number of ether oxygens (including phenoxy) is 2. The Morgan fingerprint density at radius 3 is 2.60 bits per heavy atom. The van der Waals surface area contributed by atoms with Crippen LogP contribution in [-0.4, -0.2) is 24.9 Å². The summed E-state index contributed by atoms with van der Waals surface area (Å²) in [5.74, 6) is 0.837. The van der Waals surface area contributed by atoms with Crippen molar-refractivity contribution in [1.82, 2.24) is 0 Å². The minimum Gasteiger partial charge on any atom is -0.373 e. The summed E-state index contributed by atoms with van der Waals surface area (Å²) in [7, 11) is 0. The van der Waals surface area contributed by atoms with E-state index in [1.54, 1.807) is 0 Å². The fourth-order valence-electron chi connectivity index (χ4n) is 2.10. The lowest BCUT2D eigenvalue weighted by molar-refractivity contribution is 0.279. The van der Waals surface area contributed by atoms with Crippen LogP contribution in [0.3, 0.4) is 0 Å². The zero-order valence-electron chi connectivity index (χ0n) is 5.95. The summed E-state index contributed by atoms with van der Waals surface area (Å²) in [5.41, 5.74) is 0. The molecular weight excluding hydrogens is 128 g/mol. The average Bonchev–Trinajstić information content (AvgIpc) is 2.83. The van der Waals surface area contributed by atoms with E-state index in [9.17, 15) is 0 Å². The number of rotatable bonds is 1. The van der Waals surface area contributed by atoms with E-state index in [0.717, 1.165) is 12.5 Å². The van der Waals surface area contributed by atoms with Gasteiger partial charge in [-0.3, -0.25) is 0 Å². The molecule has 0 aromatic carbocycles. The van der Waals surface area contributed by atoms with Crippen molar-refractivity contribution in [2.45, 2.75) is 37.6 Å². The third-order valence-electron chi connectivity index (χ3n) is 2.93. The molecule has 0 bridgehead atoms. The predicted molar refractivity (Wildman–Crippen MR) is 35.7 cm³/mol. The Kier molecular flexibility index (Phi) is 0.968. The second kappa shape index (κ2) is 1.74. The van der Waals surface area contributed by atoms with Gasteiger partial charge in [0.1, 0.15) is 0 Å². The van der Waals surface area contributed by atoms with Gasteiger partial charge in [0, 0.05) is 0 Å². The highest BCUT2D eigenvalue weighted by Crippen LogP contribution is 2.43. The Bertz CT molecular complexity index is 153. The van der Waals surface area contributed by atoms with Crippen molar-refractivity contribution in [3.63, 3.8) is 0 Å². The SMILES string of the molecule is C1C[C@H]2O[C@H]2C[C@@H]1[C@H]1CO1. The van der Waals surface area contributed by atoms with Crippen molar-refractivity contribution >= 4 is 0 Å². The predicted octanol–water partition coefficient (Wildman–Crippen LogP) is 0.953. The molecule has 10 heavy (non-hydrogen) atoms. The first-order valence-electron chi connectivity index (χ1n) is 4.20. The van der Waals surface area contributed by atoms with Crippen LogP contribution in [0.5, 0.6) is 0 Å². The van der Waals surface area contributed by atoms with Crippen LogP contribution in [0.2, 0.25) is 0 Å². The first-order valence-corrected chi connectivity index (χ1v) is 4.20. The smallest absolute Gasteiger partial charge is 0.0845 e. The maximum atomic E-state index is 5.43. The van der Waals surface area contributed by atoms with Gasteiger partial charge in [-0.15, -0.1) is 0 Å². The highest BCUT2D eigenvalue weighted by Gasteiger charge is 2.48. The van der Waals surface area contributed by atoms with E-state index in [1.807, 2.05) is 0 Å². The Morgan fingerprint density at radius 2 is 1.90 bits per heavy atom. The molecule has 0 amide bonds. The molecule has 0 spiro atoms. The van der Waals surface area contributed by atoms with E-state index >= 15 is 0 Å². The molecule has 1 aliphatic carbocycles. The minimum absolute atomic E-state index is 0.616. The molecule has 2 saturated heterocycles. The Balaban J connectivity index is 1.65. The molecule has 2 nitrogen and oxygen atoms in total. The van der Waals surface area contributed by atoms with Crippen molar-refractivity contribution in [2.24, 2.45) is 5.92 Å². The van der Waals surface area contributed by atoms with Gasteiger partial charge in [0.05, 0.1) is 24.9 Å². The summed E-state index contributed by atoms with van der Waals surface area (Å²) in [5, 5.41) is 0. The van der Waals surface area contributed by atoms with Gasteiger partial charge in [0.15, 0.2) is 0 Å². The quantitative estimate of drug-likeness (QED) is 0.507. The van der Waals surface area contributed by atoms with Crippen LogP contribution in [0.4, 0.5) is 0 Å². The van der Waals surface area contributed by atoms with Crippen LogP contribution in [0, 0.1) is 5.92 Å². The van der Waals surface area contributed by atoms with Gasteiger partial charge in [-0.25, -0.2) is 0 Å². The van der Waals surface area contributed by atoms with Crippen LogP contribution in [0.15, 0.2) is 0 Å². The Morgan fingerprint density at radius 1 is 1.00 bits per heavy atom. The lowest BCUT2D eigenvalue weighted by Gasteiger charge is -2.15. The lowest BCUT2D eigenvalue weighted by Crippen LogP contribution is -2.17. The van der Waals surface area contributed by atoms with E-state index in [1.165, 1.54) is 19.3 Å². The van der Waals surface area contributed by atoms with Crippen molar-refractivity contribution in [1.29, 1.82) is 0 Å². The molecule has 0 aromatic heterocycles. The molecule has 3 fully saturated rings. The molecule has 1 saturated carbocycles. The van der Waals surface area contributed by atoms with Crippen LogP contribution >= 0.6 is 0 Å². The van der Waals surface area contributed by atoms with Crippen molar-refractivity contribution in [3.8, 4) is 0 Å². The van der Waals surface area contributed by atoms with Gasteiger partial charge in [0.25, 0.3) is 0 Å². The van der Waals surface area contributed by atoms with Crippen molar-refractivity contribution in [2.75, 3.05) is 6.61 Å².